The Balaban J connectivity index is 1.30. The van der Waals surface area contributed by atoms with Crippen LogP contribution in [0.15, 0.2) is 12.1 Å². The Kier molecular flexibility index (Phi) is 8.38. The van der Waals surface area contributed by atoms with Crippen LogP contribution in [0, 0.1) is 11.7 Å². The van der Waals surface area contributed by atoms with Crippen molar-refractivity contribution in [2.45, 2.75) is 95.5 Å². The number of carbonyl (C=O) groups is 3. The van der Waals surface area contributed by atoms with Crippen molar-refractivity contribution >= 4 is 18.0 Å². The van der Waals surface area contributed by atoms with Crippen molar-refractivity contribution in [1.82, 2.24) is 15.1 Å². The maximum atomic E-state index is 15.8. The van der Waals surface area contributed by atoms with Crippen LogP contribution in [0.1, 0.15) is 63.1 Å². The van der Waals surface area contributed by atoms with Crippen molar-refractivity contribution in [1.29, 1.82) is 0 Å². The molecule has 1 N–H and O–H groups in total. The minimum Gasteiger partial charge on any atom is -0.467 e. The third-order valence-corrected chi connectivity index (χ3v) is 8.85. The van der Waals surface area contributed by atoms with Crippen molar-refractivity contribution < 1.29 is 33.0 Å². The molecule has 0 spiro atoms. The number of likely N-dealkylation sites (tertiary alicyclic amines) is 1. The highest BCUT2D eigenvalue weighted by molar-refractivity contribution is 5.91. The van der Waals surface area contributed by atoms with Crippen LogP contribution < -0.4 is 5.32 Å². The van der Waals surface area contributed by atoms with Crippen molar-refractivity contribution in [2.24, 2.45) is 5.92 Å². The third-order valence-electron chi connectivity index (χ3n) is 8.85. The summed E-state index contributed by atoms with van der Waals surface area (Å²) in [5.74, 6) is -1.39. The molecule has 2 aliphatic carbocycles. The molecule has 3 fully saturated rings. The van der Waals surface area contributed by atoms with E-state index in [-0.39, 0.29) is 24.2 Å². The van der Waals surface area contributed by atoms with Crippen LogP contribution >= 0.6 is 0 Å². The van der Waals surface area contributed by atoms with E-state index in [4.69, 9.17) is 14.2 Å². The van der Waals surface area contributed by atoms with E-state index in [1.54, 1.807) is 26.8 Å². The molecule has 2 amide bonds. The zero-order valence-corrected chi connectivity index (χ0v) is 24.0. The SMILES string of the molecule is COC(=O)[C@H](Cc1ccc2c(c1F)CCC(N1CCOCC1)C2)NC(=O)[C@@H]1[C@H]2CC[C@H](C2)N1C(=O)OC(C)(C)C. The Morgan fingerprint density at radius 3 is 2.58 bits per heavy atom. The first-order valence-corrected chi connectivity index (χ1v) is 14.6. The molecule has 1 unspecified atom stereocenters. The van der Waals surface area contributed by atoms with Crippen LogP contribution in [0.3, 0.4) is 0 Å². The van der Waals surface area contributed by atoms with E-state index in [0.29, 0.717) is 23.6 Å². The summed E-state index contributed by atoms with van der Waals surface area (Å²) in [6.07, 6.45) is 4.11. The number of carbonyl (C=O) groups excluding carboxylic acids is 3. The Hall–Kier alpha value is -2.72. The molecule has 1 aromatic rings. The van der Waals surface area contributed by atoms with Crippen LogP contribution in [0.4, 0.5) is 9.18 Å². The summed E-state index contributed by atoms with van der Waals surface area (Å²) in [6, 6.07) is 2.18. The van der Waals surface area contributed by atoms with Crippen LogP contribution in [0.5, 0.6) is 0 Å². The number of benzene rings is 1. The lowest BCUT2D eigenvalue weighted by Crippen LogP contribution is -2.56. The Morgan fingerprint density at radius 1 is 1.12 bits per heavy atom. The standard InChI is InChI=1S/C30H42FN3O6/c1-30(2,3)40-29(37)34-22-8-7-20(16-22)26(34)27(35)32-24(28(36)38-4)17-19-6-5-18-15-21(9-10-23(18)25(19)31)33-11-13-39-14-12-33/h5-6,20-22,24,26H,7-17H2,1-4H3,(H,32,35)/t20-,21?,22+,24-,26-/m0/s1. The molecule has 0 aromatic heterocycles. The van der Waals surface area contributed by atoms with E-state index in [1.807, 2.05) is 6.07 Å². The minimum absolute atomic E-state index is 0.00397. The van der Waals surface area contributed by atoms with E-state index in [2.05, 4.69) is 10.2 Å². The molecule has 5 atom stereocenters. The number of hydrogen-bond acceptors (Lipinski definition) is 7. The number of hydrogen-bond donors (Lipinski definition) is 1. The van der Waals surface area contributed by atoms with Crippen LogP contribution in [-0.2, 0) is 43.1 Å². The Bertz CT molecular complexity index is 1130. The van der Waals surface area contributed by atoms with Gasteiger partial charge in [0, 0.05) is 31.6 Å². The van der Waals surface area contributed by atoms with Gasteiger partial charge in [0.1, 0.15) is 23.5 Å². The van der Waals surface area contributed by atoms with Gasteiger partial charge in [-0.05, 0) is 81.9 Å². The zero-order chi connectivity index (χ0) is 28.6. The van der Waals surface area contributed by atoms with Crippen LogP contribution in [0.2, 0.25) is 0 Å². The molecule has 2 aliphatic heterocycles. The molecule has 0 radical (unpaired) electrons. The number of ether oxygens (including phenoxy) is 3. The van der Waals surface area contributed by atoms with Gasteiger partial charge in [-0.25, -0.2) is 14.0 Å². The summed E-state index contributed by atoms with van der Waals surface area (Å²) in [5.41, 5.74) is 1.37. The zero-order valence-electron chi connectivity index (χ0n) is 24.0. The second kappa shape index (κ2) is 11.6. The predicted molar refractivity (Wildman–Crippen MR) is 145 cm³/mol. The highest BCUT2D eigenvalue weighted by atomic mass is 19.1. The number of fused-ring (bicyclic) bond motifs is 3. The van der Waals surface area contributed by atoms with Gasteiger partial charge in [-0.1, -0.05) is 12.1 Å². The van der Waals surface area contributed by atoms with E-state index in [9.17, 15) is 14.4 Å². The lowest BCUT2D eigenvalue weighted by Gasteiger charge is -2.37. The summed E-state index contributed by atoms with van der Waals surface area (Å²) < 4.78 is 31.8. The van der Waals surface area contributed by atoms with E-state index < -0.39 is 35.7 Å². The first-order chi connectivity index (χ1) is 19.1. The summed E-state index contributed by atoms with van der Waals surface area (Å²) >= 11 is 0. The molecule has 5 rings (SSSR count). The average Bonchev–Trinajstić information content (AvgIpc) is 3.55. The first kappa shape index (κ1) is 28.8. The van der Waals surface area contributed by atoms with E-state index >= 15 is 4.39 Å². The summed E-state index contributed by atoms with van der Waals surface area (Å²) in [6.45, 7) is 8.63. The molecule has 9 nitrogen and oxygen atoms in total. The van der Waals surface area contributed by atoms with Gasteiger partial charge >= 0.3 is 12.1 Å². The van der Waals surface area contributed by atoms with Gasteiger partial charge in [-0.3, -0.25) is 14.6 Å². The first-order valence-electron chi connectivity index (χ1n) is 14.6. The smallest absolute Gasteiger partial charge is 0.411 e. The number of nitrogens with zero attached hydrogens (tertiary/aromatic N) is 2. The number of rotatable bonds is 6. The van der Waals surface area contributed by atoms with Gasteiger partial charge in [0.25, 0.3) is 0 Å². The molecule has 1 aromatic carbocycles. The van der Waals surface area contributed by atoms with E-state index in [0.717, 1.165) is 64.0 Å². The van der Waals surface area contributed by atoms with Crippen molar-refractivity contribution in [3.63, 3.8) is 0 Å². The largest absolute Gasteiger partial charge is 0.467 e. The molecule has 40 heavy (non-hydrogen) atoms. The number of amides is 2. The molecule has 1 saturated carbocycles. The topological polar surface area (TPSA) is 97.4 Å². The van der Waals surface area contributed by atoms with E-state index in [1.165, 1.54) is 12.0 Å². The van der Waals surface area contributed by atoms with Gasteiger partial charge in [-0.15, -0.1) is 0 Å². The summed E-state index contributed by atoms with van der Waals surface area (Å²) in [5, 5.41) is 2.80. The van der Waals surface area contributed by atoms with Gasteiger partial charge in [0.05, 0.1) is 20.3 Å². The number of esters is 1. The molecule has 4 aliphatic rings. The van der Waals surface area contributed by atoms with Crippen molar-refractivity contribution in [3.8, 4) is 0 Å². The van der Waals surface area contributed by atoms with Crippen molar-refractivity contribution in [2.75, 3.05) is 33.4 Å². The summed E-state index contributed by atoms with van der Waals surface area (Å²) in [4.78, 5) is 43.3. The average molecular weight is 560 g/mol. The molecular weight excluding hydrogens is 517 g/mol. The predicted octanol–water partition coefficient (Wildman–Crippen LogP) is 3.00. The Morgan fingerprint density at radius 2 is 1.88 bits per heavy atom. The number of methoxy groups -OCH3 is 1. The van der Waals surface area contributed by atoms with Gasteiger partial charge in [0.15, 0.2) is 0 Å². The number of nitrogens with one attached hydrogen (secondary N) is 1. The second-order valence-corrected chi connectivity index (χ2v) is 12.6. The van der Waals surface area contributed by atoms with Crippen LogP contribution in [0.25, 0.3) is 0 Å². The lowest BCUT2D eigenvalue weighted by atomic mass is 9.85. The molecule has 2 saturated heterocycles. The maximum Gasteiger partial charge on any atom is 0.411 e. The molecule has 2 heterocycles. The molecule has 10 heteroatoms. The highest BCUT2D eigenvalue weighted by Gasteiger charge is 2.53. The van der Waals surface area contributed by atoms with Gasteiger partial charge in [-0.2, -0.15) is 0 Å². The monoisotopic (exact) mass is 559 g/mol. The van der Waals surface area contributed by atoms with Gasteiger partial charge in [0.2, 0.25) is 5.91 Å². The lowest BCUT2D eigenvalue weighted by molar-refractivity contribution is -0.146. The number of morpholine rings is 1. The number of piperidine rings is 1. The fraction of sp³-hybridized carbons (Fsp3) is 0.700. The fourth-order valence-corrected chi connectivity index (χ4v) is 6.97. The Labute approximate surface area is 235 Å². The molecule has 2 bridgehead atoms. The van der Waals surface area contributed by atoms with Crippen LogP contribution in [-0.4, -0.2) is 91.0 Å². The van der Waals surface area contributed by atoms with Crippen molar-refractivity contribution in [3.05, 3.63) is 34.6 Å². The summed E-state index contributed by atoms with van der Waals surface area (Å²) in [7, 11) is 1.25. The minimum atomic E-state index is -1.07. The second-order valence-electron chi connectivity index (χ2n) is 12.6. The quantitative estimate of drug-likeness (QED) is 0.536. The highest BCUT2D eigenvalue weighted by Crippen LogP contribution is 2.43. The third kappa shape index (κ3) is 5.98. The molecule has 220 valence electrons. The normalized spacial score (nSPS) is 27.2. The van der Waals surface area contributed by atoms with Gasteiger partial charge < -0.3 is 19.5 Å². The fourth-order valence-electron chi connectivity index (χ4n) is 6.97. The number of halogens is 1. The molecular formula is C30H42FN3O6. The maximum absolute atomic E-state index is 15.8.